The zero-order valence-corrected chi connectivity index (χ0v) is 19.2. The van der Waals surface area contributed by atoms with Crippen LogP contribution in [0.3, 0.4) is 0 Å². The monoisotopic (exact) mass is 465 g/mol. The summed E-state index contributed by atoms with van der Waals surface area (Å²) in [5.41, 5.74) is 1.20. The number of benzene rings is 2. The van der Waals surface area contributed by atoms with Crippen LogP contribution in [0.4, 0.5) is 4.39 Å². The van der Waals surface area contributed by atoms with Crippen molar-refractivity contribution in [3.63, 3.8) is 0 Å². The van der Waals surface area contributed by atoms with Gasteiger partial charge in [0.2, 0.25) is 0 Å². The van der Waals surface area contributed by atoms with E-state index < -0.39 is 23.7 Å². The Morgan fingerprint density at radius 3 is 2.74 bits per heavy atom. The highest BCUT2D eigenvalue weighted by atomic mass is 19.1. The SMILES string of the molecule is CC(C)(O)CC[C@@H]1C[C@@H]([C@H](Cc2cccc(F)c2)NC(=O)c2cnc3ccccc3n2)OC1=O. The van der Waals surface area contributed by atoms with Gasteiger partial charge in [-0.25, -0.2) is 9.37 Å². The summed E-state index contributed by atoms with van der Waals surface area (Å²) in [6.07, 6.45) is 2.44. The second kappa shape index (κ2) is 9.85. The number of nitrogens with one attached hydrogen (secondary N) is 1. The third-order valence-electron chi connectivity index (χ3n) is 6.01. The number of fused-ring (bicyclic) bond motifs is 1. The number of aromatic nitrogens is 2. The fourth-order valence-electron chi connectivity index (χ4n) is 4.18. The number of ether oxygens (including phenoxy) is 1. The van der Waals surface area contributed by atoms with Crippen LogP contribution >= 0.6 is 0 Å². The molecule has 1 aromatic heterocycles. The first-order chi connectivity index (χ1) is 16.2. The molecule has 8 heteroatoms. The molecule has 3 atom stereocenters. The van der Waals surface area contributed by atoms with Gasteiger partial charge in [0.05, 0.1) is 34.8 Å². The maximum absolute atomic E-state index is 13.8. The highest BCUT2D eigenvalue weighted by Gasteiger charge is 2.40. The van der Waals surface area contributed by atoms with Gasteiger partial charge in [-0.3, -0.25) is 14.6 Å². The lowest BCUT2D eigenvalue weighted by molar-refractivity contribution is -0.145. The van der Waals surface area contributed by atoms with Crippen molar-refractivity contribution in [3.8, 4) is 0 Å². The number of hydrogen-bond donors (Lipinski definition) is 2. The molecule has 1 amide bonds. The fourth-order valence-corrected chi connectivity index (χ4v) is 4.18. The number of halogens is 1. The molecule has 7 nitrogen and oxygen atoms in total. The Bertz CT molecular complexity index is 1190. The zero-order chi connectivity index (χ0) is 24.3. The molecule has 1 aliphatic heterocycles. The van der Waals surface area contributed by atoms with E-state index in [0.29, 0.717) is 35.9 Å². The number of para-hydroxylation sites is 2. The van der Waals surface area contributed by atoms with Crippen LogP contribution in [0.5, 0.6) is 0 Å². The minimum absolute atomic E-state index is 0.144. The number of carbonyl (C=O) groups excluding carboxylic acids is 2. The van der Waals surface area contributed by atoms with Gasteiger partial charge in [0, 0.05) is 0 Å². The summed E-state index contributed by atoms with van der Waals surface area (Å²) >= 11 is 0. The average molecular weight is 466 g/mol. The highest BCUT2D eigenvalue weighted by molar-refractivity contribution is 5.94. The summed E-state index contributed by atoms with van der Waals surface area (Å²) in [5, 5.41) is 13.0. The van der Waals surface area contributed by atoms with E-state index in [1.807, 2.05) is 18.2 Å². The topological polar surface area (TPSA) is 101 Å². The van der Waals surface area contributed by atoms with Crippen LogP contribution in [0.15, 0.2) is 54.7 Å². The van der Waals surface area contributed by atoms with Crippen LogP contribution in [0, 0.1) is 11.7 Å². The molecule has 0 bridgehead atoms. The first kappa shape index (κ1) is 23.8. The number of cyclic esters (lactones) is 1. The Morgan fingerprint density at radius 1 is 1.24 bits per heavy atom. The Labute approximate surface area is 197 Å². The van der Waals surface area contributed by atoms with Gasteiger partial charge in [-0.2, -0.15) is 0 Å². The number of nitrogens with zero attached hydrogens (tertiary/aromatic N) is 2. The molecule has 2 aromatic carbocycles. The quantitative estimate of drug-likeness (QED) is 0.493. The van der Waals surface area contributed by atoms with Gasteiger partial charge in [0.1, 0.15) is 17.6 Å². The van der Waals surface area contributed by atoms with Gasteiger partial charge in [-0.1, -0.05) is 24.3 Å². The lowest BCUT2D eigenvalue weighted by Crippen LogP contribution is -2.45. The second-order valence-corrected chi connectivity index (χ2v) is 9.42. The molecule has 1 fully saturated rings. The maximum atomic E-state index is 13.8. The summed E-state index contributed by atoms with van der Waals surface area (Å²) in [6, 6.07) is 12.8. The van der Waals surface area contributed by atoms with Gasteiger partial charge < -0.3 is 15.2 Å². The van der Waals surface area contributed by atoms with Crippen LogP contribution in [-0.4, -0.2) is 44.7 Å². The molecule has 3 aromatic rings. The first-order valence-corrected chi connectivity index (χ1v) is 11.4. The van der Waals surface area contributed by atoms with E-state index in [4.69, 9.17) is 4.74 Å². The minimum atomic E-state index is -0.887. The van der Waals surface area contributed by atoms with Gasteiger partial charge in [-0.15, -0.1) is 0 Å². The number of aliphatic hydroxyl groups is 1. The average Bonchev–Trinajstić information content (AvgIpc) is 3.17. The van der Waals surface area contributed by atoms with E-state index in [9.17, 15) is 19.1 Å². The van der Waals surface area contributed by atoms with E-state index in [1.54, 1.807) is 32.0 Å². The minimum Gasteiger partial charge on any atom is -0.460 e. The van der Waals surface area contributed by atoms with Crippen molar-refractivity contribution >= 4 is 22.9 Å². The maximum Gasteiger partial charge on any atom is 0.309 e. The first-order valence-electron chi connectivity index (χ1n) is 11.4. The molecule has 1 saturated heterocycles. The van der Waals surface area contributed by atoms with Gasteiger partial charge >= 0.3 is 5.97 Å². The lowest BCUT2D eigenvalue weighted by atomic mass is 9.90. The van der Waals surface area contributed by atoms with Crippen molar-refractivity contribution < 1.29 is 23.8 Å². The van der Waals surface area contributed by atoms with Crippen LogP contribution < -0.4 is 5.32 Å². The third kappa shape index (κ3) is 5.94. The molecular formula is C26H28FN3O4. The molecule has 0 spiro atoms. The van der Waals surface area contributed by atoms with Crippen molar-refractivity contribution in [3.05, 3.63) is 71.8 Å². The number of amides is 1. The fraction of sp³-hybridized carbons (Fsp3) is 0.385. The molecule has 0 saturated carbocycles. The lowest BCUT2D eigenvalue weighted by Gasteiger charge is -2.24. The highest BCUT2D eigenvalue weighted by Crippen LogP contribution is 2.30. The van der Waals surface area contributed by atoms with E-state index in [1.165, 1.54) is 18.3 Å². The largest absolute Gasteiger partial charge is 0.460 e. The number of hydrogen-bond acceptors (Lipinski definition) is 6. The normalized spacial score (nSPS) is 19.1. The summed E-state index contributed by atoms with van der Waals surface area (Å²) in [6.45, 7) is 3.39. The van der Waals surface area contributed by atoms with Crippen molar-refractivity contribution in [1.82, 2.24) is 15.3 Å². The van der Waals surface area contributed by atoms with E-state index in [-0.39, 0.29) is 29.8 Å². The molecule has 178 valence electrons. The van der Waals surface area contributed by atoms with Gasteiger partial charge in [-0.05, 0) is 69.4 Å². The van der Waals surface area contributed by atoms with Crippen LogP contribution in [0.2, 0.25) is 0 Å². The Hall–Kier alpha value is -3.39. The molecule has 0 aliphatic carbocycles. The van der Waals surface area contributed by atoms with Crippen LogP contribution in [-0.2, 0) is 16.0 Å². The Kier molecular flexibility index (Phi) is 6.88. The molecule has 4 rings (SSSR count). The summed E-state index contributed by atoms with van der Waals surface area (Å²) < 4.78 is 19.4. The van der Waals surface area contributed by atoms with Gasteiger partial charge in [0.25, 0.3) is 5.91 Å². The van der Waals surface area contributed by atoms with Crippen molar-refractivity contribution in [2.24, 2.45) is 5.92 Å². The van der Waals surface area contributed by atoms with Crippen LogP contribution in [0.1, 0.15) is 49.2 Å². The summed E-state index contributed by atoms with van der Waals surface area (Å²) in [5.74, 6) is -1.55. The molecule has 2 heterocycles. The predicted molar refractivity (Wildman–Crippen MR) is 124 cm³/mol. The Morgan fingerprint density at radius 2 is 2.00 bits per heavy atom. The number of carbonyl (C=O) groups is 2. The third-order valence-corrected chi connectivity index (χ3v) is 6.01. The standard InChI is InChI=1S/C26H28FN3O4/c1-26(2,33)11-10-17-14-23(34-25(17)32)21(13-16-6-5-7-18(27)12-16)30-24(31)22-15-28-19-8-3-4-9-20(19)29-22/h3-9,12,15,17,21,23,33H,10-11,13-14H2,1-2H3,(H,30,31)/t17-,21+,23+/m1/s1. The smallest absolute Gasteiger partial charge is 0.309 e. The molecule has 2 N–H and O–H groups in total. The molecular weight excluding hydrogens is 437 g/mol. The van der Waals surface area contributed by atoms with Crippen LogP contribution in [0.25, 0.3) is 11.0 Å². The van der Waals surface area contributed by atoms with E-state index in [0.717, 1.165) is 0 Å². The summed E-state index contributed by atoms with van der Waals surface area (Å²) in [7, 11) is 0. The second-order valence-electron chi connectivity index (χ2n) is 9.42. The summed E-state index contributed by atoms with van der Waals surface area (Å²) in [4.78, 5) is 34.3. The van der Waals surface area contributed by atoms with Crippen molar-refractivity contribution in [2.45, 2.75) is 57.3 Å². The van der Waals surface area contributed by atoms with E-state index in [2.05, 4.69) is 15.3 Å². The van der Waals surface area contributed by atoms with Gasteiger partial charge in [0.15, 0.2) is 0 Å². The molecule has 0 unspecified atom stereocenters. The number of rotatable bonds is 8. The molecule has 0 radical (unpaired) electrons. The van der Waals surface area contributed by atoms with Crippen molar-refractivity contribution in [1.29, 1.82) is 0 Å². The number of esters is 1. The zero-order valence-electron chi connectivity index (χ0n) is 19.2. The van der Waals surface area contributed by atoms with Crippen molar-refractivity contribution in [2.75, 3.05) is 0 Å². The molecule has 1 aliphatic rings. The molecule has 34 heavy (non-hydrogen) atoms. The Balaban J connectivity index is 1.54. The predicted octanol–water partition coefficient (Wildman–Crippen LogP) is 3.59. The van der Waals surface area contributed by atoms with E-state index >= 15 is 0 Å².